The van der Waals surface area contributed by atoms with Gasteiger partial charge in [0.1, 0.15) is 30.5 Å². The summed E-state index contributed by atoms with van der Waals surface area (Å²) >= 11 is 0. The van der Waals surface area contributed by atoms with Crippen LogP contribution in [0, 0.1) is 5.82 Å². The number of hydrogen-bond acceptors (Lipinski definition) is 4. The maximum absolute atomic E-state index is 13.0. The Kier molecular flexibility index (Phi) is 6.99. The van der Waals surface area contributed by atoms with Crippen molar-refractivity contribution in [3.8, 4) is 11.5 Å². The van der Waals surface area contributed by atoms with Gasteiger partial charge in [-0.05, 0) is 67.4 Å². The fourth-order valence-electron chi connectivity index (χ4n) is 3.69. The SMILES string of the molecule is O=c1cc(OCc2ccc(F)cc2)ccn1Cc1cccc(OCCN2CCCC2)c1. The van der Waals surface area contributed by atoms with E-state index in [1.165, 1.54) is 31.0 Å². The summed E-state index contributed by atoms with van der Waals surface area (Å²) in [7, 11) is 0. The second-order valence-electron chi connectivity index (χ2n) is 7.79. The van der Waals surface area contributed by atoms with Crippen molar-refractivity contribution in [1.82, 2.24) is 9.47 Å². The van der Waals surface area contributed by atoms with Crippen LogP contribution in [-0.4, -0.2) is 35.7 Å². The van der Waals surface area contributed by atoms with Crippen LogP contribution >= 0.6 is 0 Å². The number of likely N-dealkylation sites (tertiary alicyclic amines) is 1. The molecule has 0 spiro atoms. The monoisotopic (exact) mass is 422 g/mol. The van der Waals surface area contributed by atoms with Crippen molar-refractivity contribution >= 4 is 0 Å². The summed E-state index contributed by atoms with van der Waals surface area (Å²) in [5.41, 5.74) is 1.70. The highest BCUT2D eigenvalue weighted by molar-refractivity contribution is 5.29. The van der Waals surface area contributed by atoms with Crippen LogP contribution in [0.15, 0.2) is 71.7 Å². The summed E-state index contributed by atoms with van der Waals surface area (Å²) < 4.78 is 26.2. The summed E-state index contributed by atoms with van der Waals surface area (Å²) in [5, 5.41) is 0. The standard InChI is InChI=1S/C25H27FN2O3/c26-22-8-6-20(7-9-22)19-31-24-10-13-28(25(29)17-24)18-21-4-3-5-23(16-21)30-15-14-27-11-1-2-12-27/h3-10,13,16-17H,1-2,11-12,14-15,18-19H2. The molecule has 31 heavy (non-hydrogen) atoms. The molecule has 1 fully saturated rings. The van der Waals surface area contributed by atoms with Gasteiger partial charge < -0.3 is 14.0 Å². The number of pyridine rings is 1. The van der Waals surface area contributed by atoms with E-state index in [9.17, 15) is 9.18 Å². The Balaban J connectivity index is 1.32. The van der Waals surface area contributed by atoms with Crippen LogP contribution in [0.1, 0.15) is 24.0 Å². The molecule has 1 saturated heterocycles. The smallest absolute Gasteiger partial charge is 0.254 e. The van der Waals surface area contributed by atoms with Crippen molar-refractivity contribution in [2.45, 2.75) is 26.0 Å². The third-order valence-corrected chi connectivity index (χ3v) is 5.41. The molecule has 1 aliphatic heterocycles. The first-order chi connectivity index (χ1) is 15.2. The van der Waals surface area contributed by atoms with E-state index in [2.05, 4.69) is 4.90 Å². The second-order valence-corrected chi connectivity index (χ2v) is 7.79. The van der Waals surface area contributed by atoms with Gasteiger partial charge in [0.2, 0.25) is 0 Å². The maximum atomic E-state index is 13.0. The number of nitrogens with zero attached hydrogens (tertiary/aromatic N) is 2. The minimum absolute atomic E-state index is 0.142. The normalized spacial score (nSPS) is 14.0. The molecule has 1 aromatic heterocycles. The summed E-state index contributed by atoms with van der Waals surface area (Å²) in [6, 6.07) is 17.2. The van der Waals surface area contributed by atoms with E-state index in [4.69, 9.17) is 9.47 Å². The molecule has 4 rings (SSSR count). The molecule has 0 atom stereocenters. The van der Waals surface area contributed by atoms with Crippen molar-refractivity contribution in [2.75, 3.05) is 26.2 Å². The molecule has 162 valence electrons. The predicted molar refractivity (Wildman–Crippen MR) is 118 cm³/mol. The molecule has 0 unspecified atom stereocenters. The minimum atomic E-state index is -0.285. The van der Waals surface area contributed by atoms with Gasteiger partial charge in [0.25, 0.3) is 5.56 Å². The molecule has 0 radical (unpaired) electrons. The van der Waals surface area contributed by atoms with Crippen molar-refractivity contribution in [3.63, 3.8) is 0 Å². The molecule has 3 aromatic rings. The van der Waals surface area contributed by atoms with Crippen LogP contribution < -0.4 is 15.0 Å². The molecule has 1 aliphatic rings. The van der Waals surface area contributed by atoms with Crippen LogP contribution in [0.25, 0.3) is 0 Å². The molecule has 0 bridgehead atoms. The number of halogens is 1. The highest BCUT2D eigenvalue weighted by Gasteiger charge is 2.11. The van der Waals surface area contributed by atoms with Crippen molar-refractivity contribution < 1.29 is 13.9 Å². The first-order valence-corrected chi connectivity index (χ1v) is 10.7. The fraction of sp³-hybridized carbons (Fsp3) is 0.320. The van der Waals surface area contributed by atoms with Crippen LogP contribution in [0.4, 0.5) is 4.39 Å². The van der Waals surface area contributed by atoms with Gasteiger partial charge in [0, 0.05) is 18.8 Å². The average molecular weight is 423 g/mol. The summed E-state index contributed by atoms with van der Waals surface area (Å²) in [6.07, 6.45) is 4.28. The zero-order chi connectivity index (χ0) is 21.5. The molecule has 0 amide bonds. The Labute approximate surface area is 181 Å². The lowest BCUT2D eigenvalue weighted by Gasteiger charge is -2.15. The number of aromatic nitrogens is 1. The third-order valence-electron chi connectivity index (χ3n) is 5.41. The first kappa shape index (κ1) is 21.1. The number of hydrogen-bond donors (Lipinski definition) is 0. The molecule has 2 aromatic carbocycles. The molecule has 5 nitrogen and oxygen atoms in total. The van der Waals surface area contributed by atoms with Gasteiger partial charge in [-0.25, -0.2) is 4.39 Å². The molecule has 2 heterocycles. The topological polar surface area (TPSA) is 43.7 Å². The van der Waals surface area contributed by atoms with E-state index in [1.807, 2.05) is 24.3 Å². The Morgan fingerprint density at radius 1 is 0.871 bits per heavy atom. The molecule has 0 N–H and O–H groups in total. The summed E-state index contributed by atoms with van der Waals surface area (Å²) in [5.74, 6) is 1.03. The van der Waals surface area contributed by atoms with Gasteiger partial charge >= 0.3 is 0 Å². The Hall–Kier alpha value is -3.12. The van der Waals surface area contributed by atoms with E-state index in [0.29, 0.717) is 18.9 Å². The summed E-state index contributed by atoms with van der Waals surface area (Å²) in [6.45, 7) is 4.68. The van der Waals surface area contributed by atoms with Gasteiger partial charge in [-0.1, -0.05) is 24.3 Å². The van der Waals surface area contributed by atoms with Gasteiger partial charge in [-0.15, -0.1) is 0 Å². The van der Waals surface area contributed by atoms with E-state index >= 15 is 0 Å². The van der Waals surface area contributed by atoms with Crippen LogP contribution in [0.2, 0.25) is 0 Å². The second kappa shape index (κ2) is 10.3. The maximum Gasteiger partial charge on any atom is 0.254 e. The van der Waals surface area contributed by atoms with Crippen LogP contribution in [0.5, 0.6) is 11.5 Å². The third kappa shape index (κ3) is 6.18. The van der Waals surface area contributed by atoms with Crippen LogP contribution in [-0.2, 0) is 13.2 Å². The first-order valence-electron chi connectivity index (χ1n) is 10.7. The van der Waals surface area contributed by atoms with Gasteiger partial charge in [-0.3, -0.25) is 9.69 Å². The molecule has 6 heteroatoms. The Morgan fingerprint density at radius 2 is 1.65 bits per heavy atom. The van der Waals surface area contributed by atoms with Crippen molar-refractivity contribution in [3.05, 3.63) is 94.2 Å². The van der Waals surface area contributed by atoms with E-state index in [1.54, 1.807) is 29.0 Å². The Bertz CT molecular complexity index is 1040. The van der Waals surface area contributed by atoms with Gasteiger partial charge in [-0.2, -0.15) is 0 Å². The highest BCUT2D eigenvalue weighted by Crippen LogP contribution is 2.16. The van der Waals surface area contributed by atoms with Gasteiger partial charge in [0.15, 0.2) is 0 Å². The largest absolute Gasteiger partial charge is 0.492 e. The fourth-order valence-corrected chi connectivity index (χ4v) is 3.69. The minimum Gasteiger partial charge on any atom is -0.492 e. The number of benzene rings is 2. The lowest BCUT2D eigenvalue weighted by atomic mass is 10.2. The quantitative estimate of drug-likeness (QED) is 0.521. The van der Waals surface area contributed by atoms with E-state index in [0.717, 1.165) is 36.5 Å². The molecular weight excluding hydrogens is 395 g/mol. The lowest BCUT2D eigenvalue weighted by molar-refractivity contribution is 0.237. The van der Waals surface area contributed by atoms with Crippen LogP contribution in [0.3, 0.4) is 0 Å². The lowest BCUT2D eigenvalue weighted by Crippen LogP contribution is -2.25. The van der Waals surface area contributed by atoms with Gasteiger partial charge in [0.05, 0.1) is 6.54 Å². The predicted octanol–water partition coefficient (Wildman–Crippen LogP) is 4.09. The summed E-state index contributed by atoms with van der Waals surface area (Å²) in [4.78, 5) is 14.9. The Morgan fingerprint density at radius 3 is 2.42 bits per heavy atom. The van der Waals surface area contributed by atoms with Crippen molar-refractivity contribution in [2.24, 2.45) is 0 Å². The van der Waals surface area contributed by atoms with Crippen molar-refractivity contribution in [1.29, 1.82) is 0 Å². The molecular formula is C25H27FN2O3. The highest BCUT2D eigenvalue weighted by atomic mass is 19.1. The molecule has 0 saturated carbocycles. The number of ether oxygens (including phenoxy) is 2. The van der Waals surface area contributed by atoms with E-state index in [-0.39, 0.29) is 18.0 Å². The average Bonchev–Trinajstić information content (AvgIpc) is 3.29. The zero-order valence-electron chi connectivity index (χ0n) is 17.5. The zero-order valence-corrected chi connectivity index (χ0v) is 17.5. The molecule has 0 aliphatic carbocycles. The number of rotatable bonds is 9. The van der Waals surface area contributed by atoms with E-state index < -0.39 is 0 Å².